The molecule has 2 aromatic rings. The second-order valence-corrected chi connectivity index (χ2v) is 8.73. The van der Waals surface area contributed by atoms with Crippen molar-refractivity contribution in [1.29, 1.82) is 0 Å². The van der Waals surface area contributed by atoms with Gasteiger partial charge in [-0.1, -0.05) is 29.8 Å². The molecule has 0 bridgehead atoms. The fraction of sp³-hybridized carbons (Fsp3) is 0.368. The first-order chi connectivity index (χ1) is 12.3. The molecule has 5 nitrogen and oxygen atoms in total. The van der Waals surface area contributed by atoms with E-state index in [1.807, 2.05) is 38.1 Å². The maximum atomic E-state index is 13.1. The lowest BCUT2D eigenvalue weighted by Gasteiger charge is -2.37. The van der Waals surface area contributed by atoms with Crippen LogP contribution in [-0.4, -0.2) is 39.0 Å². The maximum absolute atomic E-state index is 13.1. The third-order valence-electron chi connectivity index (χ3n) is 4.61. The number of hydrogen-bond acceptors (Lipinski definition) is 4. The van der Waals surface area contributed by atoms with Crippen LogP contribution in [0.3, 0.4) is 0 Å². The van der Waals surface area contributed by atoms with Crippen LogP contribution in [-0.2, 0) is 14.8 Å². The minimum Gasteiger partial charge on any atom is -0.497 e. The molecular formula is C19H22ClNO4S. The van der Waals surface area contributed by atoms with Gasteiger partial charge in [0.25, 0.3) is 0 Å². The summed E-state index contributed by atoms with van der Waals surface area (Å²) in [6, 6.07) is 12.1. The van der Waals surface area contributed by atoms with Gasteiger partial charge in [-0.25, -0.2) is 8.42 Å². The molecule has 7 heteroatoms. The Labute approximate surface area is 159 Å². The van der Waals surface area contributed by atoms with Crippen molar-refractivity contribution >= 4 is 21.6 Å². The monoisotopic (exact) mass is 395 g/mol. The molecule has 0 radical (unpaired) electrons. The summed E-state index contributed by atoms with van der Waals surface area (Å²) in [6.07, 6.45) is -0.326. The van der Waals surface area contributed by atoms with Gasteiger partial charge in [-0.2, -0.15) is 4.31 Å². The number of benzene rings is 2. The van der Waals surface area contributed by atoms with E-state index in [9.17, 15) is 8.42 Å². The van der Waals surface area contributed by atoms with Crippen LogP contribution in [0.5, 0.6) is 5.75 Å². The summed E-state index contributed by atoms with van der Waals surface area (Å²) < 4.78 is 38.8. The Morgan fingerprint density at radius 3 is 2.50 bits per heavy atom. The summed E-state index contributed by atoms with van der Waals surface area (Å²) in [5, 5.41) is 0.443. The zero-order valence-electron chi connectivity index (χ0n) is 15.0. The van der Waals surface area contributed by atoms with Gasteiger partial charge in [-0.05, 0) is 49.2 Å². The third kappa shape index (κ3) is 3.74. The molecule has 2 aromatic carbocycles. The summed E-state index contributed by atoms with van der Waals surface area (Å²) in [5.41, 5.74) is 1.76. The highest BCUT2D eigenvalue weighted by Gasteiger charge is 2.36. The van der Waals surface area contributed by atoms with Crippen LogP contribution >= 0.6 is 11.6 Å². The predicted molar refractivity (Wildman–Crippen MR) is 101 cm³/mol. The molecule has 2 unspecified atom stereocenters. The lowest BCUT2D eigenvalue weighted by atomic mass is 10.1. The normalized spacial score (nSPS) is 21.5. The smallest absolute Gasteiger partial charge is 0.243 e. The lowest BCUT2D eigenvalue weighted by Crippen LogP contribution is -2.48. The van der Waals surface area contributed by atoms with Crippen LogP contribution in [0.2, 0.25) is 5.02 Å². The first kappa shape index (κ1) is 19.2. The van der Waals surface area contributed by atoms with Crippen LogP contribution in [0.1, 0.15) is 24.2 Å². The minimum atomic E-state index is -3.66. The first-order valence-electron chi connectivity index (χ1n) is 8.36. The number of morpholine rings is 1. The van der Waals surface area contributed by atoms with Crippen LogP contribution < -0.4 is 4.74 Å². The van der Waals surface area contributed by atoms with Gasteiger partial charge in [-0.15, -0.1) is 0 Å². The molecule has 1 heterocycles. The molecule has 0 aromatic heterocycles. The molecule has 0 amide bonds. The molecule has 0 aliphatic carbocycles. The Morgan fingerprint density at radius 2 is 1.88 bits per heavy atom. The molecule has 1 fully saturated rings. The van der Waals surface area contributed by atoms with Crippen LogP contribution in [0, 0.1) is 6.92 Å². The van der Waals surface area contributed by atoms with Crippen molar-refractivity contribution in [3.63, 3.8) is 0 Å². The minimum absolute atomic E-state index is 0.204. The number of hydrogen-bond donors (Lipinski definition) is 0. The van der Waals surface area contributed by atoms with Crippen molar-refractivity contribution in [1.82, 2.24) is 4.31 Å². The fourth-order valence-electron chi connectivity index (χ4n) is 2.96. The molecule has 1 aliphatic heterocycles. The van der Waals surface area contributed by atoms with E-state index in [1.54, 1.807) is 19.2 Å². The van der Waals surface area contributed by atoms with E-state index >= 15 is 0 Å². The van der Waals surface area contributed by atoms with Crippen LogP contribution in [0.15, 0.2) is 47.4 Å². The summed E-state index contributed by atoms with van der Waals surface area (Å²) in [6.45, 7) is 4.27. The Balaban J connectivity index is 1.88. The van der Waals surface area contributed by atoms with Gasteiger partial charge in [0.15, 0.2) is 0 Å². The molecular weight excluding hydrogens is 374 g/mol. The number of nitrogens with zero attached hydrogens (tertiary/aromatic N) is 1. The maximum Gasteiger partial charge on any atom is 0.243 e. The van der Waals surface area contributed by atoms with E-state index in [-0.39, 0.29) is 23.6 Å². The van der Waals surface area contributed by atoms with E-state index < -0.39 is 10.0 Å². The number of halogens is 1. The highest BCUT2D eigenvalue weighted by Crippen LogP contribution is 2.31. The van der Waals surface area contributed by atoms with Gasteiger partial charge >= 0.3 is 0 Å². The zero-order valence-corrected chi connectivity index (χ0v) is 16.5. The Bertz CT molecular complexity index is 883. The Kier molecular flexibility index (Phi) is 5.58. The molecule has 140 valence electrons. The van der Waals surface area contributed by atoms with Crippen LogP contribution in [0.4, 0.5) is 0 Å². The van der Waals surface area contributed by atoms with Crippen molar-refractivity contribution in [3.05, 3.63) is 58.6 Å². The van der Waals surface area contributed by atoms with Crippen molar-refractivity contribution in [2.24, 2.45) is 0 Å². The van der Waals surface area contributed by atoms with E-state index in [0.717, 1.165) is 16.9 Å². The highest BCUT2D eigenvalue weighted by molar-refractivity contribution is 7.89. The molecule has 3 rings (SSSR count). The van der Waals surface area contributed by atoms with Gasteiger partial charge < -0.3 is 9.47 Å². The zero-order chi connectivity index (χ0) is 18.9. The molecule has 26 heavy (non-hydrogen) atoms. The van der Waals surface area contributed by atoms with E-state index in [2.05, 4.69) is 0 Å². The standard InChI is InChI=1S/C19H22ClNO4S/c1-13-4-9-17(10-18(13)20)26(22,23)21-11-19(25-12-14(21)2)15-5-7-16(24-3)8-6-15/h4-10,14,19H,11-12H2,1-3H3. The number of rotatable bonds is 4. The molecule has 2 atom stereocenters. The number of aryl methyl sites for hydroxylation is 1. The first-order valence-corrected chi connectivity index (χ1v) is 10.2. The summed E-state index contributed by atoms with van der Waals surface area (Å²) >= 11 is 6.13. The molecule has 0 saturated carbocycles. The van der Waals surface area contributed by atoms with Gasteiger partial charge in [0, 0.05) is 17.6 Å². The van der Waals surface area contributed by atoms with Crippen molar-refractivity contribution in [2.75, 3.05) is 20.3 Å². The van der Waals surface area contributed by atoms with Gasteiger partial charge in [0.05, 0.1) is 24.7 Å². The van der Waals surface area contributed by atoms with Gasteiger partial charge in [0.1, 0.15) is 5.75 Å². The average Bonchev–Trinajstić information content (AvgIpc) is 2.64. The fourth-order valence-corrected chi connectivity index (χ4v) is 4.85. The van der Waals surface area contributed by atoms with Gasteiger partial charge in [-0.3, -0.25) is 0 Å². The summed E-state index contributed by atoms with van der Waals surface area (Å²) in [4.78, 5) is 0.204. The third-order valence-corrected chi connectivity index (χ3v) is 7.00. The highest BCUT2D eigenvalue weighted by atomic mass is 35.5. The number of sulfonamides is 1. The second-order valence-electron chi connectivity index (χ2n) is 6.43. The van der Waals surface area contributed by atoms with Crippen LogP contribution in [0.25, 0.3) is 0 Å². The van der Waals surface area contributed by atoms with Crippen molar-refractivity contribution in [2.45, 2.75) is 30.9 Å². The second kappa shape index (κ2) is 7.56. The SMILES string of the molecule is COc1ccc(C2CN(S(=O)(=O)c3ccc(C)c(Cl)c3)C(C)CO2)cc1. The molecule has 1 aliphatic rings. The summed E-state index contributed by atoms with van der Waals surface area (Å²) in [5.74, 6) is 0.747. The number of ether oxygens (including phenoxy) is 2. The topological polar surface area (TPSA) is 55.8 Å². The van der Waals surface area contributed by atoms with Crippen molar-refractivity contribution in [3.8, 4) is 5.75 Å². The summed E-state index contributed by atoms with van der Waals surface area (Å²) in [7, 11) is -2.05. The lowest BCUT2D eigenvalue weighted by molar-refractivity contribution is -0.0288. The van der Waals surface area contributed by atoms with E-state index in [0.29, 0.717) is 11.6 Å². The quantitative estimate of drug-likeness (QED) is 0.789. The van der Waals surface area contributed by atoms with E-state index in [4.69, 9.17) is 21.1 Å². The Morgan fingerprint density at radius 1 is 1.19 bits per heavy atom. The number of methoxy groups -OCH3 is 1. The predicted octanol–water partition coefficient (Wildman–Crippen LogP) is 3.81. The van der Waals surface area contributed by atoms with Gasteiger partial charge in [0.2, 0.25) is 10.0 Å². The molecule has 0 N–H and O–H groups in total. The molecule has 1 saturated heterocycles. The Hall–Kier alpha value is -1.60. The molecule has 0 spiro atoms. The largest absolute Gasteiger partial charge is 0.497 e. The average molecular weight is 396 g/mol. The van der Waals surface area contributed by atoms with E-state index in [1.165, 1.54) is 10.4 Å². The van der Waals surface area contributed by atoms with Crippen molar-refractivity contribution < 1.29 is 17.9 Å².